The Morgan fingerprint density at radius 1 is 1.58 bits per heavy atom. The van der Waals surface area contributed by atoms with E-state index in [0.717, 1.165) is 0 Å². The van der Waals surface area contributed by atoms with Gasteiger partial charge in [-0.1, -0.05) is 15.9 Å². The lowest BCUT2D eigenvalue weighted by Crippen LogP contribution is -2.27. The van der Waals surface area contributed by atoms with Crippen LogP contribution in [-0.2, 0) is 19.6 Å². The summed E-state index contributed by atoms with van der Waals surface area (Å²) < 4.78 is 27.9. The van der Waals surface area contributed by atoms with Crippen molar-refractivity contribution in [3.8, 4) is 0 Å². The molecule has 72 valence electrons. The SMILES string of the molecule is COC(=O)CCNS(=O)(=O)CBr. The number of carbonyl (C=O) groups excluding carboxylic acids is 1. The van der Waals surface area contributed by atoms with Crippen LogP contribution in [0.25, 0.3) is 0 Å². The Morgan fingerprint density at radius 3 is 2.58 bits per heavy atom. The Kier molecular flexibility index (Phi) is 5.43. The van der Waals surface area contributed by atoms with Crippen LogP contribution in [0.3, 0.4) is 0 Å². The first kappa shape index (κ1) is 11.9. The average Bonchev–Trinajstić information content (AvgIpc) is 2.04. The van der Waals surface area contributed by atoms with Crippen LogP contribution >= 0.6 is 15.9 Å². The summed E-state index contributed by atoms with van der Waals surface area (Å²) >= 11 is 2.79. The van der Waals surface area contributed by atoms with Crippen molar-refractivity contribution in [3.05, 3.63) is 0 Å². The van der Waals surface area contributed by atoms with Gasteiger partial charge in [0.2, 0.25) is 10.0 Å². The number of nitrogens with one attached hydrogen (secondary N) is 1. The number of alkyl halides is 1. The van der Waals surface area contributed by atoms with E-state index in [4.69, 9.17) is 0 Å². The Hall–Kier alpha value is -0.140. The van der Waals surface area contributed by atoms with Gasteiger partial charge in [0.15, 0.2) is 0 Å². The van der Waals surface area contributed by atoms with Crippen molar-refractivity contribution in [1.82, 2.24) is 4.72 Å². The van der Waals surface area contributed by atoms with Gasteiger partial charge in [-0.25, -0.2) is 13.1 Å². The molecule has 0 amide bonds. The van der Waals surface area contributed by atoms with Crippen molar-refractivity contribution in [2.45, 2.75) is 6.42 Å². The zero-order valence-corrected chi connectivity index (χ0v) is 8.94. The van der Waals surface area contributed by atoms with E-state index in [1.807, 2.05) is 0 Å². The minimum absolute atomic E-state index is 0.0444. The molecular formula is C5H10BrNO4S. The van der Waals surface area contributed by atoms with Crippen LogP contribution in [0.4, 0.5) is 0 Å². The van der Waals surface area contributed by atoms with Crippen LogP contribution in [-0.4, -0.2) is 32.7 Å². The van der Waals surface area contributed by atoms with Gasteiger partial charge in [-0.3, -0.25) is 4.79 Å². The van der Waals surface area contributed by atoms with E-state index >= 15 is 0 Å². The van der Waals surface area contributed by atoms with Crippen LogP contribution in [0.2, 0.25) is 0 Å². The van der Waals surface area contributed by atoms with E-state index in [2.05, 4.69) is 25.4 Å². The molecule has 0 rings (SSSR count). The molecule has 0 aliphatic heterocycles. The van der Waals surface area contributed by atoms with Crippen LogP contribution < -0.4 is 4.72 Å². The Bertz CT molecular complexity index is 238. The van der Waals surface area contributed by atoms with E-state index < -0.39 is 16.0 Å². The van der Waals surface area contributed by atoms with E-state index in [0.29, 0.717) is 0 Å². The number of sulfonamides is 1. The predicted molar refractivity (Wildman–Crippen MR) is 47.3 cm³/mol. The first-order valence-electron chi connectivity index (χ1n) is 3.12. The molecule has 0 heterocycles. The maximum absolute atomic E-state index is 10.8. The van der Waals surface area contributed by atoms with Crippen LogP contribution in [0.15, 0.2) is 0 Å². The monoisotopic (exact) mass is 259 g/mol. The predicted octanol–water partition coefficient (Wildman–Crippen LogP) is -0.179. The van der Waals surface area contributed by atoms with Crippen LogP contribution in [0.1, 0.15) is 6.42 Å². The summed E-state index contributed by atoms with van der Waals surface area (Å²) in [5, 5.41) is 0. The second-order valence-corrected chi connectivity index (χ2v) is 5.05. The van der Waals surface area contributed by atoms with E-state index in [1.165, 1.54) is 7.11 Å². The molecule has 0 radical (unpaired) electrons. The minimum Gasteiger partial charge on any atom is -0.469 e. The number of rotatable bonds is 5. The van der Waals surface area contributed by atoms with Gasteiger partial charge < -0.3 is 4.74 Å². The summed E-state index contributed by atoms with van der Waals surface area (Å²) in [6, 6.07) is 0. The van der Waals surface area contributed by atoms with Crippen molar-refractivity contribution in [2.24, 2.45) is 0 Å². The van der Waals surface area contributed by atoms with Gasteiger partial charge >= 0.3 is 5.97 Å². The summed E-state index contributed by atoms with van der Waals surface area (Å²) in [6.07, 6.45) is 0.0444. The van der Waals surface area contributed by atoms with Gasteiger partial charge in [0.05, 0.1) is 13.5 Å². The number of hydrogen-bond donors (Lipinski definition) is 1. The third-order valence-electron chi connectivity index (χ3n) is 1.02. The molecular weight excluding hydrogens is 250 g/mol. The second kappa shape index (κ2) is 5.50. The molecule has 0 saturated carbocycles. The molecule has 0 aromatic carbocycles. The third-order valence-corrected chi connectivity index (χ3v) is 3.76. The molecule has 7 heteroatoms. The quantitative estimate of drug-likeness (QED) is 0.550. The lowest BCUT2D eigenvalue weighted by atomic mass is 10.4. The molecule has 0 aliphatic carbocycles. The second-order valence-electron chi connectivity index (χ2n) is 1.94. The molecule has 12 heavy (non-hydrogen) atoms. The topological polar surface area (TPSA) is 72.5 Å². The van der Waals surface area contributed by atoms with E-state index in [9.17, 15) is 13.2 Å². The summed E-state index contributed by atoms with van der Waals surface area (Å²) in [6.45, 7) is 0.0700. The molecule has 0 aromatic rings. The van der Waals surface area contributed by atoms with Crippen molar-refractivity contribution in [3.63, 3.8) is 0 Å². The van der Waals surface area contributed by atoms with Crippen molar-refractivity contribution >= 4 is 31.9 Å². The maximum Gasteiger partial charge on any atom is 0.306 e. The lowest BCUT2D eigenvalue weighted by Gasteiger charge is -2.01. The first-order chi connectivity index (χ1) is 5.52. The van der Waals surface area contributed by atoms with Crippen molar-refractivity contribution < 1.29 is 17.9 Å². The average molecular weight is 260 g/mol. The van der Waals surface area contributed by atoms with Crippen LogP contribution in [0, 0.1) is 0 Å². The Morgan fingerprint density at radius 2 is 2.17 bits per heavy atom. The molecule has 0 atom stereocenters. The molecule has 0 spiro atoms. The molecule has 0 fully saturated rings. The summed E-state index contributed by atoms with van der Waals surface area (Å²) in [4.78, 5) is 10.5. The zero-order chi connectivity index (χ0) is 9.61. The van der Waals surface area contributed by atoms with Gasteiger partial charge in [0.25, 0.3) is 0 Å². The maximum atomic E-state index is 10.8. The highest BCUT2D eigenvalue weighted by molar-refractivity contribution is 9.10. The highest BCUT2D eigenvalue weighted by atomic mass is 79.9. The molecule has 5 nitrogen and oxygen atoms in total. The lowest BCUT2D eigenvalue weighted by molar-refractivity contribution is -0.140. The number of carbonyl (C=O) groups is 1. The number of esters is 1. The van der Waals surface area contributed by atoms with E-state index in [1.54, 1.807) is 0 Å². The number of hydrogen-bond acceptors (Lipinski definition) is 4. The van der Waals surface area contributed by atoms with Crippen molar-refractivity contribution in [1.29, 1.82) is 0 Å². The van der Waals surface area contributed by atoms with Crippen LogP contribution in [0.5, 0.6) is 0 Å². The highest BCUT2D eigenvalue weighted by Crippen LogP contribution is 1.91. The fourth-order valence-corrected chi connectivity index (χ4v) is 1.43. The molecule has 0 unspecified atom stereocenters. The zero-order valence-electron chi connectivity index (χ0n) is 6.54. The number of ether oxygens (including phenoxy) is 1. The Labute approximate surface area is 79.7 Å². The molecule has 1 N–H and O–H groups in total. The normalized spacial score (nSPS) is 11.2. The molecule has 0 aliphatic rings. The van der Waals surface area contributed by atoms with Gasteiger partial charge in [0, 0.05) is 6.54 Å². The molecule has 0 aromatic heterocycles. The highest BCUT2D eigenvalue weighted by Gasteiger charge is 2.07. The summed E-state index contributed by atoms with van der Waals surface area (Å²) in [5.41, 5.74) is 0. The number of halogens is 1. The fourth-order valence-electron chi connectivity index (χ4n) is 0.449. The van der Waals surface area contributed by atoms with E-state index in [-0.39, 0.29) is 17.6 Å². The standard InChI is InChI=1S/C5H10BrNO4S/c1-11-5(8)2-3-7-12(9,10)4-6/h7H,2-4H2,1H3. The molecule has 0 saturated heterocycles. The van der Waals surface area contributed by atoms with Gasteiger partial charge in [-0.15, -0.1) is 0 Å². The summed E-state index contributed by atoms with van der Waals surface area (Å²) in [7, 11) is -2.01. The van der Waals surface area contributed by atoms with Gasteiger partial charge in [-0.2, -0.15) is 0 Å². The van der Waals surface area contributed by atoms with Gasteiger partial charge in [-0.05, 0) is 0 Å². The van der Waals surface area contributed by atoms with Crippen molar-refractivity contribution in [2.75, 3.05) is 18.3 Å². The fraction of sp³-hybridized carbons (Fsp3) is 0.800. The van der Waals surface area contributed by atoms with Gasteiger partial charge in [0.1, 0.15) is 4.66 Å². The first-order valence-corrected chi connectivity index (χ1v) is 5.89. The molecule has 0 bridgehead atoms. The third kappa shape index (κ3) is 5.50. The minimum atomic E-state index is -3.26. The number of methoxy groups -OCH3 is 1. The smallest absolute Gasteiger partial charge is 0.306 e. The summed E-state index contributed by atoms with van der Waals surface area (Å²) in [5.74, 6) is -0.438. The Balaban J connectivity index is 3.64. The largest absolute Gasteiger partial charge is 0.469 e.